The number of halogens is 1. The predicted octanol–water partition coefficient (Wildman–Crippen LogP) is 3.70. The monoisotopic (exact) mass is 367 g/mol. The number of nitrogens with zero attached hydrogens (tertiary/aromatic N) is 2. The lowest BCUT2D eigenvalue weighted by atomic mass is 9.96. The van der Waals surface area contributed by atoms with Crippen molar-refractivity contribution in [2.75, 3.05) is 18.4 Å². The smallest absolute Gasteiger partial charge is 0.253 e. The van der Waals surface area contributed by atoms with Gasteiger partial charge in [-0.05, 0) is 61.4 Å². The Labute approximate surface area is 157 Å². The number of hydrogen-bond donors (Lipinski definition) is 1. The molecule has 1 fully saturated rings. The van der Waals surface area contributed by atoms with Gasteiger partial charge in [0.2, 0.25) is 5.91 Å². The van der Waals surface area contributed by atoms with Crippen LogP contribution in [0.3, 0.4) is 0 Å². The molecule has 1 aliphatic heterocycles. The maximum absolute atomic E-state index is 12.6. The van der Waals surface area contributed by atoms with E-state index in [0.717, 1.165) is 12.8 Å². The molecule has 1 N–H and O–H groups in total. The number of nitrogens with one attached hydrogen (secondary N) is 1. The summed E-state index contributed by atoms with van der Waals surface area (Å²) in [6.07, 6.45) is 1.53. The Morgan fingerprint density at radius 3 is 2.46 bits per heavy atom. The first kappa shape index (κ1) is 18.0. The molecule has 0 aliphatic carbocycles. The van der Waals surface area contributed by atoms with Crippen LogP contribution < -0.4 is 5.32 Å². The summed E-state index contributed by atoms with van der Waals surface area (Å²) in [6.45, 7) is 1.03. The SMILES string of the molecule is N#Cc1ccc(NC(=O)[C@@H]2CCCN(C(=O)c3ccc(Cl)cc3)C2)cc1. The minimum Gasteiger partial charge on any atom is -0.338 e. The summed E-state index contributed by atoms with van der Waals surface area (Å²) in [5.74, 6) is -0.448. The van der Waals surface area contributed by atoms with Gasteiger partial charge in [-0.3, -0.25) is 9.59 Å². The molecular formula is C20H18ClN3O2. The lowest BCUT2D eigenvalue weighted by Gasteiger charge is -2.32. The van der Waals surface area contributed by atoms with Crippen LogP contribution in [0.15, 0.2) is 48.5 Å². The Kier molecular flexibility index (Phi) is 5.55. The normalized spacial score (nSPS) is 16.6. The summed E-state index contributed by atoms with van der Waals surface area (Å²) in [6, 6.07) is 15.5. The van der Waals surface area contributed by atoms with Gasteiger partial charge in [-0.1, -0.05) is 11.6 Å². The van der Waals surface area contributed by atoms with Gasteiger partial charge in [0.15, 0.2) is 0 Å². The lowest BCUT2D eigenvalue weighted by molar-refractivity contribution is -0.121. The highest BCUT2D eigenvalue weighted by Crippen LogP contribution is 2.21. The molecule has 132 valence electrons. The van der Waals surface area contributed by atoms with E-state index in [-0.39, 0.29) is 17.7 Å². The molecule has 3 rings (SSSR count). The zero-order chi connectivity index (χ0) is 18.5. The Bertz CT molecular complexity index is 841. The Morgan fingerprint density at radius 1 is 1.12 bits per heavy atom. The number of carbonyl (C=O) groups excluding carboxylic acids is 2. The average molecular weight is 368 g/mol. The highest BCUT2D eigenvalue weighted by Gasteiger charge is 2.29. The van der Waals surface area contributed by atoms with Crippen molar-refractivity contribution in [3.63, 3.8) is 0 Å². The number of anilines is 1. The van der Waals surface area contributed by atoms with Crippen LogP contribution >= 0.6 is 11.6 Å². The molecule has 1 atom stereocenters. The minimum atomic E-state index is -0.254. The standard InChI is InChI=1S/C20H18ClN3O2/c21-17-7-5-15(6-8-17)20(26)24-11-1-2-16(13-24)19(25)23-18-9-3-14(12-22)4-10-18/h3-10,16H,1-2,11,13H2,(H,23,25)/t16-/m1/s1. The van der Waals surface area contributed by atoms with Crippen molar-refractivity contribution in [2.45, 2.75) is 12.8 Å². The van der Waals surface area contributed by atoms with Crippen LogP contribution in [-0.2, 0) is 4.79 Å². The molecule has 0 aromatic heterocycles. The van der Waals surface area contributed by atoms with Gasteiger partial charge in [0.25, 0.3) is 5.91 Å². The summed E-state index contributed by atoms with van der Waals surface area (Å²) in [5, 5.41) is 12.3. The maximum Gasteiger partial charge on any atom is 0.253 e. The molecule has 0 spiro atoms. The van der Waals surface area contributed by atoms with Crippen molar-refractivity contribution >= 4 is 29.1 Å². The van der Waals surface area contributed by atoms with Gasteiger partial charge in [-0.2, -0.15) is 5.26 Å². The third kappa shape index (κ3) is 4.22. The van der Waals surface area contributed by atoms with Gasteiger partial charge < -0.3 is 10.2 Å². The molecule has 26 heavy (non-hydrogen) atoms. The Morgan fingerprint density at radius 2 is 1.81 bits per heavy atom. The van der Waals surface area contributed by atoms with Crippen LogP contribution in [0.4, 0.5) is 5.69 Å². The molecule has 5 nitrogen and oxygen atoms in total. The summed E-state index contributed by atoms with van der Waals surface area (Å²) < 4.78 is 0. The number of hydrogen-bond acceptors (Lipinski definition) is 3. The first-order chi connectivity index (χ1) is 12.6. The van der Waals surface area contributed by atoms with Crippen LogP contribution in [0, 0.1) is 17.2 Å². The van der Waals surface area contributed by atoms with E-state index < -0.39 is 0 Å². The second-order valence-corrected chi connectivity index (χ2v) is 6.71. The van der Waals surface area contributed by atoms with E-state index in [2.05, 4.69) is 5.32 Å². The third-order valence-corrected chi connectivity index (χ3v) is 4.70. The van der Waals surface area contributed by atoms with E-state index in [0.29, 0.717) is 34.9 Å². The van der Waals surface area contributed by atoms with Gasteiger partial charge >= 0.3 is 0 Å². The fourth-order valence-corrected chi connectivity index (χ4v) is 3.15. The van der Waals surface area contributed by atoms with E-state index in [4.69, 9.17) is 16.9 Å². The molecule has 2 amide bonds. The van der Waals surface area contributed by atoms with Crippen LogP contribution in [-0.4, -0.2) is 29.8 Å². The fourth-order valence-electron chi connectivity index (χ4n) is 3.02. The minimum absolute atomic E-state index is 0.0856. The average Bonchev–Trinajstić information content (AvgIpc) is 2.68. The quantitative estimate of drug-likeness (QED) is 0.898. The van der Waals surface area contributed by atoms with Crippen LogP contribution in [0.1, 0.15) is 28.8 Å². The van der Waals surface area contributed by atoms with Crippen molar-refractivity contribution < 1.29 is 9.59 Å². The van der Waals surface area contributed by atoms with Crippen LogP contribution in [0.2, 0.25) is 5.02 Å². The highest BCUT2D eigenvalue weighted by molar-refractivity contribution is 6.30. The van der Waals surface area contributed by atoms with Crippen molar-refractivity contribution in [1.29, 1.82) is 5.26 Å². The summed E-state index contributed by atoms with van der Waals surface area (Å²) in [5.41, 5.74) is 1.76. The van der Waals surface area contributed by atoms with Gasteiger partial charge in [-0.25, -0.2) is 0 Å². The highest BCUT2D eigenvalue weighted by atomic mass is 35.5. The number of amides is 2. The zero-order valence-corrected chi connectivity index (χ0v) is 14.9. The number of piperidine rings is 1. The summed E-state index contributed by atoms with van der Waals surface area (Å²) >= 11 is 5.87. The predicted molar refractivity (Wildman–Crippen MR) is 99.9 cm³/mol. The van der Waals surface area contributed by atoms with E-state index >= 15 is 0 Å². The molecule has 2 aromatic rings. The molecule has 6 heteroatoms. The van der Waals surface area contributed by atoms with Crippen molar-refractivity contribution in [2.24, 2.45) is 5.92 Å². The first-order valence-electron chi connectivity index (χ1n) is 8.42. The molecule has 0 bridgehead atoms. The molecule has 1 heterocycles. The number of carbonyl (C=O) groups is 2. The van der Waals surface area contributed by atoms with Gasteiger partial charge in [-0.15, -0.1) is 0 Å². The number of rotatable bonds is 3. The molecular weight excluding hydrogens is 350 g/mol. The van der Waals surface area contributed by atoms with Crippen LogP contribution in [0.5, 0.6) is 0 Å². The second kappa shape index (κ2) is 8.03. The van der Waals surface area contributed by atoms with E-state index in [9.17, 15) is 9.59 Å². The zero-order valence-electron chi connectivity index (χ0n) is 14.1. The summed E-state index contributed by atoms with van der Waals surface area (Å²) in [4.78, 5) is 26.9. The number of benzene rings is 2. The number of likely N-dealkylation sites (tertiary alicyclic amines) is 1. The molecule has 0 radical (unpaired) electrons. The topological polar surface area (TPSA) is 73.2 Å². The molecule has 0 unspecified atom stereocenters. The van der Waals surface area contributed by atoms with Crippen molar-refractivity contribution in [1.82, 2.24) is 4.90 Å². The van der Waals surface area contributed by atoms with Gasteiger partial charge in [0.05, 0.1) is 17.6 Å². The summed E-state index contributed by atoms with van der Waals surface area (Å²) in [7, 11) is 0. The largest absolute Gasteiger partial charge is 0.338 e. The second-order valence-electron chi connectivity index (χ2n) is 6.28. The van der Waals surface area contributed by atoms with E-state index in [1.807, 2.05) is 6.07 Å². The van der Waals surface area contributed by atoms with Crippen LogP contribution in [0.25, 0.3) is 0 Å². The molecule has 0 saturated carbocycles. The van der Waals surface area contributed by atoms with E-state index in [1.165, 1.54) is 0 Å². The van der Waals surface area contributed by atoms with Gasteiger partial charge in [0.1, 0.15) is 0 Å². The molecule has 1 aliphatic rings. The number of nitriles is 1. The Balaban J connectivity index is 1.63. The first-order valence-corrected chi connectivity index (χ1v) is 8.80. The molecule has 1 saturated heterocycles. The van der Waals surface area contributed by atoms with E-state index in [1.54, 1.807) is 53.4 Å². The van der Waals surface area contributed by atoms with Crippen molar-refractivity contribution in [3.8, 4) is 6.07 Å². The Hall–Kier alpha value is -2.84. The maximum atomic E-state index is 12.6. The molecule has 2 aromatic carbocycles. The van der Waals surface area contributed by atoms with Crippen molar-refractivity contribution in [3.05, 3.63) is 64.7 Å². The van der Waals surface area contributed by atoms with Gasteiger partial charge in [0, 0.05) is 29.4 Å². The fraction of sp³-hybridized carbons (Fsp3) is 0.250. The third-order valence-electron chi connectivity index (χ3n) is 4.45. The lowest BCUT2D eigenvalue weighted by Crippen LogP contribution is -2.43.